The minimum atomic E-state index is -4.63. The third-order valence-corrected chi connectivity index (χ3v) is 6.73. The number of nitrogens with zero attached hydrogens (tertiary/aromatic N) is 5. The van der Waals surface area contributed by atoms with E-state index in [1.807, 2.05) is 11.8 Å². The number of hydrogen-bond acceptors (Lipinski definition) is 5. The highest BCUT2D eigenvalue weighted by Gasteiger charge is 2.50. The molecule has 2 atom stereocenters. The Morgan fingerprint density at radius 1 is 1.38 bits per heavy atom. The van der Waals surface area contributed by atoms with Crippen LogP contribution in [0.5, 0.6) is 0 Å². The van der Waals surface area contributed by atoms with Crippen molar-refractivity contribution in [1.82, 2.24) is 14.7 Å². The first kappa shape index (κ1) is 22.1. The van der Waals surface area contributed by atoms with Gasteiger partial charge in [-0.25, -0.2) is 0 Å². The molecule has 1 aromatic carbocycles. The molecule has 7 nitrogen and oxygen atoms in total. The number of piperidine rings is 1. The first-order chi connectivity index (χ1) is 15.2. The van der Waals surface area contributed by atoms with Crippen molar-refractivity contribution < 1.29 is 23.1 Å². The summed E-state index contributed by atoms with van der Waals surface area (Å²) in [5.41, 5.74) is -1.01. The molecule has 2 aliphatic heterocycles. The number of carbonyl (C=O) groups is 1. The molecule has 2 aliphatic rings. The van der Waals surface area contributed by atoms with Crippen LogP contribution in [0.4, 0.5) is 18.9 Å². The van der Waals surface area contributed by atoms with E-state index in [0.717, 1.165) is 6.07 Å². The Kier molecular flexibility index (Phi) is 5.63. The zero-order valence-electron chi connectivity index (χ0n) is 17.6. The Morgan fingerprint density at radius 3 is 2.78 bits per heavy atom. The van der Waals surface area contributed by atoms with Gasteiger partial charge in [0.15, 0.2) is 0 Å². The predicted molar refractivity (Wildman–Crippen MR) is 110 cm³/mol. The van der Waals surface area contributed by atoms with Crippen LogP contribution in [-0.2, 0) is 12.7 Å². The van der Waals surface area contributed by atoms with Gasteiger partial charge in [0, 0.05) is 55.9 Å². The Morgan fingerprint density at radius 2 is 2.16 bits per heavy atom. The van der Waals surface area contributed by atoms with Gasteiger partial charge >= 0.3 is 6.18 Å². The minimum absolute atomic E-state index is 0.0867. The van der Waals surface area contributed by atoms with E-state index in [1.54, 1.807) is 21.8 Å². The van der Waals surface area contributed by atoms with Crippen molar-refractivity contribution in [2.24, 2.45) is 11.3 Å². The fraction of sp³-hybridized carbons (Fsp3) is 0.500. The third-order valence-electron chi connectivity index (χ3n) is 6.73. The van der Waals surface area contributed by atoms with Crippen LogP contribution in [-0.4, -0.2) is 58.5 Å². The largest absolute Gasteiger partial charge is 0.417 e. The molecule has 1 N–H and O–H groups in total. The summed E-state index contributed by atoms with van der Waals surface area (Å²) in [6.45, 7) is 4.17. The number of hydrogen-bond donors (Lipinski definition) is 1. The van der Waals surface area contributed by atoms with Crippen LogP contribution in [0.1, 0.15) is 34.8 Å². The summed E-state index contributed by atoms with van der Waals surface area (Å²) in [5.74, 6) is -0.219. The highest BCUT2D eigenvalue weighted by molar-refractivity contribution is 5.93. The van der Waals surface area contributed by atoms with Gasteiger partial charge in [-0.3, -0.25) is 9.48 Å². The number of anilines is 1. The van der Waals surface area contributed by atoms with E-state index in [1.165, 1.54) is 18.3 Å². The maximum absolute atomic E-state index is 13.4. The number of nitriles is 1. The molecule has 2 aromatic rings. The van der Waals surface area contributed by atoms with Crippen LogP contribution in [0.2, 0.25) is 0 Å². The zero-order valence-corrected chi connectivity index (χ0v) is 17.6. The maximum atomic E-state index is 13.4. The minimum Gasteiger partial charge on any atom is -0.396 e. The molecule has 2 saturated heterocycles. The van der Waals surface area contributed by atoms with E-state index >= 15 is 0 Å². The zero-order chi connectivity index (χ0) is 23.1. The SMILES string of the molecule is CCn1cc(C(=O)N2CC[C@@]3(CO)CN(c4ccc(C#N)c(C(F)(F)F)c4)C[C@H]3C2)cn1. The molecular formula is C22H24F3N5O2. The van der Waals surface area contributed by atoms with E-state index in [4.69, 9.17) is 5.26 Å². The monoisotopic (exact) mass is 447 g/mol. The van der Waals surface area contributed by atoms with Crippen molar-refractivity contribution in [1.29, 1.82) is 5.26 Å². The molecular weight excluding hydrogens is 423 g/mol. The Hall–Kier alpha value is -3.06. The van der Waals surface area contributed by atoms with Gasteiger partial charge in [-0.05, 0) is 31.5 Å². The van der Waals surface area contributed by atoms with Gasteiger partial charge in [-0.1, -0.05) is 0 Å². The molecule has 0 spiro atoms. The fourth-order valence-electron chi connectivity index (χ4n) is 4.81. The lowest BCUT2D eigenvalue weighted by Crippen LogP contribution is -2.50. The molecule has 0 radical (unpaired) electrons. The highest BCUT2D eigenvalue weighted by atomic mass is 19.4. The van der Waals surface area contributed by atoms with Gasteiger partial charge in [-0.2, -0.15) is 23.5 Å². The number of rotatable bonds is 4. The molecule has 32 heavy (non-hydrogen) atoms. The predicted octanol–water partition coefficient (Wildman–Crippen LogP) is 2.75. The molecule has 170 valence electrons. The summed E-state index contributed by atoms with van der Waals surface area (Å²) >= 11 is 0. The fourth-order valence-corrected chi connectivity index (χ4v) is 4.81. The van der Waals surface area contributed by atoms with Crippen molar-refractivity contribution in [2.45, 2.75) is 26.1 Å². The van der Waals surface area contributed by atoms with Crippen molar-refractivity contribution in [3.63, 3.8) is 0 Å². The molecule has 0 saturated carbocycles. The summed E-state index contributed by atoms with van der Waals surface area (Å²) in [4.78, 5) is 16.5. The van der Waals surface area contributed by atoms with Crippen LogP contribution < -0.4 is 4.90 Å². The standard InChI is InChI=1S/C22H24F3N5O2/c1-2-30-10-16(9-27-30)20(32)28-6-5-21(14-31)13-29(12-17(21)11-28)18-4-3-15(8-26)19(7-18)22(23,24)25/h3-4,7,9-10,17,31H,2,5-6,11-14H2,1H3/t17-,21+/m1/s1. The average Bonchev–Trinajstić information content (AvgIpc) is 3.42. The van der Waals surface area contributed by atoms with Gasteiger partial charge in [0.05, 0.1) is 35.6 Å². The molecule has 10 heteroatoms. The van der Waals surface area contributed by atoms with Crippen molar-refractivity contribution >= 4 is 11.6 Å². The van der Waals surface area contributed by atoms with Crippen molar-refractivity contribution in [2.75, 3.05) is 37.7 Å². The number of benzene rings is 1. The summed E-state index contributed by atoms with van der Waals surface area (Å²) in [5, 5.41) is 23.4. The van der Waals surface area contributed by atoms with Gasteiger partial charge in [0.1, 0.15) is 0 Å². The molecule has 1 amide bonds. The molecule has 3 heterocycles. The first-order valence-electron chi connectivity index (χ1n) is 10.5. The average molecular weight is 447 g/mol. The number of aromatic nitrogens is 2. The van der Waals surface area contributed by atoms with Crippen molar-refractivity contribution in [3.05, 3.63) is 47.3 Å². The number of aryl methyl sites for hydroxylation is 1. The topological polar surface area (TPSA) is 85.4 Å². The maximum Gasteiger partial charge on any atom is 0.417 e. The summed E-state index contributed by atoms with van der Waals surface area (Å²) < 4.78 is 41.9. The molecule has 0 bridgehead atoms. The number of fused-ring (bicyclic) bond motifs is 1. The lowest BCUT2D eigenvalue weighted by atomic mass is 9.73. The van der Waals surface area contributed by atoms with Gasteiger partial charge in [0.25, 0.3) is 5.91 Å². The van der Waals surface area contributed by atoms with E-state index < -0.39 is 22.7 Å². The number of halogens is 3. The summed E-state index contributed by atoms with van der Waals surface area (Å²) in [6.07, 6.45) is -0.836. The Labute approximate surface area is 183 Å². The van der Waals surface area contributed by atoms with Gasteiger partial charge in [0.2, 0.25) is 0 Å². The van der Waals surface area contributed by atoms with Crippen LogP contribution in [0.3, 0.4) is 0 Å². The normalized spacial score (nSPS) is 23.2. The van der Waals surface area contributed by atoms with Crippen LogP contribution in [0, 0.1) is 22.7 Å². The summed E-state index contributed by atoms with van der Waals surface area (Å²) in [7, 11) is 0. The van der Waals surface area contributed by atoms with Crippen molar-refractivity contribution in [3.8, 4) is 6.07 Å². The van der Waals surface area contributed by atoms with Crippen LogP contribution in [0.25, 0.3) is 0 Å². The van der Waals surface area contributed by atoms with Gasteiger partial charge < -0.3 is 14.9 Å². The summed E-state index contributed by atoms with van der Waals surface area (Å²) in [6, 6.07) is 5.30. The second kappa shape index (κ2) is 8.13. The number of likely N-dealkylation sites (tertiary alicyclic amines) is 1. The highest BCUT2D eigenvalue weighted by Crippen LogP contribution is 2.45. The Bertz CT molecular complexity index is 1060. The van der Waals surface area contributed by atoms with E-state index in [-0.39, 0.29) is 18.4 Å². The smallest absolute Gasteiger partial charge is 0.396 e. The second-order valence-electron chi connectivity index (χ2n) is 8.52. The second-order valence-corrected chi connectivity index (χ2v) is 8.52. The molecule has 4 rings (SSSR count). The lowest BCUT2D eigenvalue weighted by Gasteiger charge is -2.42. The van der Waals surface area contributed by atoms with E-state index in [0.29, 0.717) is 50.4 Å². The Balaban J connectivity index is 1.56. The van der Waals surface area contributed by atoms with E-state index in [9.17, 15) is 23.1 Å². The van der Waals surface area contributed by atoms with Crippen LogP contribution >= 0.6 is 0 Å². The lowest BCUT2D eigenvalue weighted by molar-refractivity contribution is -0.137. The van der Waals surface area contributed by atoms with Crippen LogP contribution in [0.15, 0.2) is 30.6 Å². The number of aliphatic hydroxyl groups is 1. The molecule has 0 aliphatic carbocycles. The number of aliphatic hydroxyl groups excluding tert-OH is 1. The molecule has 0 unspecified atom stereocenters. The third kappa shape index (κ3) is 3.81. The number of alkyl halides is 3. The quantitative estimate of drug-likeness (QED) is 0.779. The van der Waals surface area contributed by atoms with Gasteiger partial charge in [-0.15, -0.1) is 0 Å². The van der Waals surface area contributed by atoms with E-state index in [2.05, 4.69) is 5.10 Å². The first-order valence-corrected chi connectivity index (χ1v) is 10.5. The number of carbonyl (C=O) groups excluding carboxylic acids is 1. The number of amides is 1. The molecule has 1 aromatic heterocycles. The molecule has 2 fully saturated rings.